The second-order valence-corrected chi connectivity index (χ2v) is 5.32. The van der Waals surface area contributed by atoms with Crippen molar-refractivity contribution < 1.29 is 19.6 Å². The standard InChI is InChI=1S/C15H15N3O5S/c1-2-3-6-23-13-5-4-9(7-12(13)18(21)22)10-8-11(14(19)20)17-15(24)16-10/h4-5,7-8H,2-3,6H2,1H3,(H,19,20)(H,16,17,24). The molecule has 0 bridgehead atoms. The molecule has 0 unspecified atom stereocenters. The lowest BCUT2D eigenvalue weighted by Crippen LogP contribution is -2.03. The summed E-state index contributed by atoms with van der Waals surface area (Å²) in [5.41, 5.74) is 0.267. The molecule has 1 heterocycles. The summed E-state index contributed by atoms with van der Waals surface area (Å²) >= 11 is 4.90. The Bertz CT molecular complexity index is 834. The molecule has 0 saturated heterocycles. The Morgan fingerprint density at radius 2 is 2.21 bits per heavy atom. The molecular formula is C15H15N3O5S. The number of nitrogens with zero attached hydrogens (tertiary/aromatic N) is 2. The maximum Gasteiger partial charge on any atom is 0.352 e. The Morgan fingerprint density at radius 1 is 1.46 bits per heavy atom. The van der Waals surface area contributed by atoms with Gasteiger partial charge in [0.25, 0.3) is 0 Å². The maximum absolute atomic E-state index is 11.3. The Kier molecular flexibility index (Phi) is 5.59. The van der Waals surface area contributed by atoms with Gasteiger partial charge in [-0.2, -0.15) is 0 Å². The lowest BCUT2D eigenvalue weighted by molar-refractivity contribution is -0.385. The molecule has 0 aliphatic rings. The number of hydrogen-bond acceptors (Lipinski definition) is 6. The van der Waals surface area contributed by atoms with Crippen molar-refractivity contribution in [2.24, 2.45) is 0 Å². The molecule has 0 amide bonds. The van der Waals surface area contributed by atoms with Crippen LogP contribution in [0.5, 0.6) is 5.75 Å². The van der Waals surface area contributed by atoms with Gasteiger partial charge in [0.2, 0.25) is 0 Å². The Labute approximate surface area is 142 Å². The SMILES string of the molecule is CCCCOc1ccc(-c2cc(C(=O)O)[nH]c(=S)n2)cc1[N+](=O)[O-]. The summed E-state index contributed by atoms with van der Waals surface area (Å²) in [7, 11) is 0. The number of rotatable bonds is 7. The van der Waals surface area contributed by atoms with Crippen LogP contribution >= 0.6 is 12.2 Å². The van der Waals surface area contributed by atoms with Gasteiger partial charge in [-0.15, -0.1) is 0 Å². The van der Waals surface area contributed by atoms with E-state index in [4.69, 9.17) is 22.1 Å². The molecule has 0 fully saturated rings. The van der Waals surface area contributed by atoms with E-state index >= 15 is 0 Å². The van der Waals surface area contributed by atoms with Crippen LogP contribution in [0.3, 0.4) is 0 Å². The fourth-order valence-corrected chi connectivity index (χ4v) is 2.20. The molecule has 2 N–H and O–H groups in total. The summed E-state index contributed by atoms with van der Waals surface area (Å²) in [4.78, 5) is 28.3. The summed E-state index contributed by atoms with van der Waals surface area (Å²) in [5.74, 6) is -1.03. The average molecular weight is 349 g/mol. The highest BCUT2D eigenvalue weighted by Gasteiger charge is 2.18. The van der Waals surface area contributed by atoms with Crippen LogP contribution in [-0.2, 0) is 0 Å². The molecule has 2 aromatic rings. The van der Waals surface area contributed by atoms with Gasteiger partial charge >= 0.3 is 11.7 Å². The Hall–Kier alpha value is -2.81. The van der Waals surface area contributed by atoms with Gasteiger partial charge in [-0.25, -0.2) is 9.78 Å². The number of carboxylic acid groups (broad SMARTS) is 1. The van der Waals surface area contributed by atoms with Crippen LogP contribution in [0.15, 0.2) is 24.3 Å². The maximum atomic E-state index is 11.3. The number of benzene rings is 1. The lowest BCUT2D eigenvalue weighted by Gasteiger charge is -2.08. The zero-order valence-electron chi connectivity index (χ0n) is 12.8. The average Bonchev–Trinajstić information content (AvgIpc) is 2.54. The van der Waals surface area contributed by atoms with Gasteiger partial charge in [0.15, 0.2) is 10.5 Å². The number of hydrogen-bond donors (Lipinski definition) is 2. The molecule has 0 spiro atoms. The first-order chi connectivity index (χ1) is 11.4. The number of aromatic amines is 1. The zero-order valence-corrected chi connectivity index (χ0v) is 13.6. The van der Waals surface area contributed by atoms with Gasteiger partial charge in [0.1, 0.15) is 5.69 Å². The third-order valence-electron chi connectivity index (χ3n) is 3.18. The first-order valence-electron chi connectivity index (χ1n) is 7.18. The van der Waals surface area contributed by atoms with Crippen LogP contribution in [0.2, 0.25) is 0 Å². The van der Waals surface area contributed by atoms with E-state index in [9.17, 15) is 14.9 Å². The Balaban J connectivity index is 2.45. The van der Waals surface area contributed by atoms with E-state index < -0.39 is 10.9 Å². The number of aromatic carboxylic acids is 1. The minimum Gasteiger partial charge on any atom is -0.487 e. The molecule has 1 aromatic heterocycles. The van der Waals surface area contributed by atoms with E-state index in [1.165, 1.54) is 18.2 Å². The largest absolute Gasteiger partial charge is 0.487 e. The molecule has 1 aromatic carbocycles. The third-order valence-corrected chi connectivity index (χ3v) is 3.38. The fraction of sp³-hybridized carbons (Fsp3) is 0.267. The quantitative estimate of drug-likeness (QED) is 0.339. The predicted octanol–water partition coefficient (Wildman–Crippen LogP) is 3.59. The second kappa shape index (κ2) is 7.64. The highest BCUT2D eigenvalue weighted by molar-refractivity contribution is 7.71. The van der Waals surface area contributed by atoms with Crippen LogP contribution in [0.1, 0.15) is 30.3 Å². The van der Waals surface area contributed by atoms with E-state index in [2.05, 4.69) is 9.97 Å². The predicted molar refractivity (Wildman–Crippen MR) is 88.9 cm³/mol. The zero-order chi connectivity index (χ0) is 17.7. The van der Waals surface area contributed by atoms with Crippen molar-refractivity contribution in [1.29, 1.82) is 0 Å². The smallest absolute Gasteiger partial charge is 0.352 e. The number of carbonyl (C=O) groups is 1. The van der Waals surface area contributed by atoms with Gasteiger partial charge in [0.05, 0.1) is 17.2 Å². The molecule has 0 radical (unpaired) electrons. The summed E-state index contributed by atoms with van der Waals surface area (Å²) in [5, 5.41) is 20.3. The van der Waals surface area contributed by atoms with Gasteiger partial charge in [-0.1, -0.05) is 13.3 Å². The minimum atomic E-state index is -1.20. The summed E-state index contributed by atoms with van der Waals surface area (Å²) < 4.78 is 5.41. The van der Waals surface area contributed by atoms with Gasteiger partial charge in [0, 0.05) is 11.6 Å². The lowest BCUT2D eigenvalue weighted by atomic mass is 10.1. The van der Waals surface area contributed by atoms with Crippen molar-refractivity contribution in [3.8, 4) is 17.0 Å². The van der Waals surface area contributed by atoms with Gasteiger partial charge < -0.3 is 14.8 Å². The molecule has 24 heavy (non-hydrogen) atoms. The number of carboxylic acids is 1. The molecule has 9 heteroatoms. The summed E-state index contributed by atoms with van der Waals surface area (Å²) in [6.07, 6.45) is 1.70. The highest BCUT2D eigenvalue weighted by atomic mass is 32.1. The monoisotopic (exact) mass is 349 g/mol. The normalized spacial score (nSPS) is 10.4. The highest BCUT2D eigenvalue weighted by Crippen LogP contribution is 2.32. The number of nitrogens with one attached hydrogen (secondary N) is 1. The molecule has 0 aliphatic heterocycles. The van der Waals surface area contributed by atoms with Crippen molar-refractivity contribution in [1.82, 2.24) is 9.97 Å². The van der Waals surface area contributed by atoms with Crippen molar-refractivity contribution in [3.05, 3.63) is 44.8 Å². The van der Waals surface area contributed by atoms with Crippen LogP contribution in [-0.4, -0.2) is 32.6 Å². The number of H-pyrrole nitrogens is 1. The minimum absolute atomic E-state index is 0.0178. The van der Waals surface area contributed by atoms with Crippen LogP contribution < -0.4 is 4.74 Å². The number of aromatic nitrogens is 2. The second-order valence-electron chi connectivity index (χ2n) is 4.93. The summed E-state index contributed by atoms with van der Waals surface area (Å²) in [6, 6.07) is 5.63. The number of unbranched alkanes of at least 4 members (excludes halogenated alkanes) is 1. The number of nitro groups is 1. The topological polar surface area (TPSA) is 118 Å². The van der Waals surface area contributed by atoms with Gasteiger partial charge in [-0.05, 0) is 36.8 Å². The van der Waals surface area contributed by atoms with E-state index in [0.29, 0.717) is 12.2 Å². The van der Waals surface area contributed by atoms with E-state index in [-0.39, 0.29) is 27.6 Å². The summed E-state index contributed by atoms with van der Waals surface area (Å²) in [6.45, 7) is 2.38. The van der Waals surface area contributed by atoms with E-state index in [1.807, 2.05) is 6.92 Å². The number of nitro benzene ring substituents is 1. The molecule has 126 valence electrons. The number of ether oxygens (including phenoxy) is 1. The van der Waals surface area contributed by atoms with Crippen molar-refractivity contribution in [2.75, 3.05) is 6.61 Å². The van der Waals surface area contributed by atoms with Crippen molar-refractivity contribution >= 4 is 23.9 Å². The van der Waals surface area contributed by atoms with Gasteiger partial charge in [-0.3, -0.25) is 10.1 Å². The molecule has 0 atom stereocenters. The first kappa shape index (κ1) is 17.5. The molecule has 0 aliphatic carbocycles. The van der Waals surface area contributed by atoms with Crippen LogP contribution in [0.4, 0.5) is 5.69 Å². The van der Waals surface area contributed by atoms with E-state index in [0.717, 1.165) is 12.8 Å². The third kappa shape index (κ3) is 4.13. The first-order valence-corrected chi connectivity index (χ1v) is 7.59. The van der Waals surface area contributed by atoms with E-state index in [1.54, 1.807) is 6.07 Å². The molecule has 0 saturated carbocycles. The van der Waals surface area contributed by atoms with Crippen LogP contribution in [0.25, 0.3) is 11.3 Å². The molecular weight excluding hydrogens is 334 g/mol. The fourth-order valence-electron chi connectivity index (χ4n) is 1.99. The molecule has 8 nitrogen and oxygen atoms in total. The van der Waals surface area contributed by atoms with Crippen molar-refractivity contribution in [3.63, 3.8) is 0 Å². The van der Waals surface area contributed by atoms with Crippen LogP contribution in [0, 0.1) is 14.9 Å². The molecule has 2 rings (SSSR count). The van der Waals surface area contributed by atoms with Crippen molar-refractivity contribution in [2.45, 2.75) is 19.8 Å². The Morgan fingerprint density at radius 3 is 2.83 bits per heavy atom.